The second-order valence-corrected chi connectivity index (χ2v) is 7.20. The van der Waals surface area contributed by atoms with Crippen molar-refractivity contribution < 1.29 is 4.79 Å². The molecule has 0 aliphatic rings. The highest BCUT2D eigenvalue weighted by Gasteiger charge is 2.12. The molecule has 2 aromatic carbocycles. The molecule has 128 valence electrons. The Bertz CT molecular complexity index is 896. The van der Waals surface area contributed by atoms with E-state index < -0.39 is 0 Å². The predicted molar refractivity (Wildman–Crippen MR) is 100 cm³/mol. The summed E-state index contributed by atoms with van der Waals surface area (Å²) in [5, 5.41) is 12.7. The number of amides is 1. The van der Waals surface area contributed by atoms with Gasteiger partial charge in [0.2, 0.25) is 5.91 Å². The Balaban J connectivity index is 1.76. The zero-order valence-electron chi connectivity index (χ0n) is 13.2. The van der Waals surface area contributed by atoms with Crippen LogP contribution in [-0.2, 0) is 18.3 Å². The van der Waals surface area contributed by atoms with Gasteiger partial charge in [-0.05, 0) is 47.7 Å². The van der Waals surface area contributed by atoms with Crippen molar-refractivity contribution in [3.8, 4) is 0 Å². The van der Waals surface area contributed by atoms with E-state index >= 15 is 0 Å². The number of carbonyl (C=O) groups excluding carboxylic acids is 1. The number of anilines is 1. The third-order valence-corrected chi connectivity index (χ3v) is 4.98. The topological polar surface area (TPSA) is 59.8 Å². The number of nitrogens with zero attached hydrogens (tertiary/aromatic N) is 3. The van der Waals surface area contributed by atoms with Crippen molar-refractivity contribution in [2.75, 3.05) is 5.32 Å². The molecular formula is C17H14Cl2N4OS. The molecule has 0 fully saturated rings. The lowest BCUT2D eigenvalue weighted by molar-refractivity contribution is -0.115. The van der Waals surface area contributed by atoms with Crippen LogP contribution in [0.25, 0.3) is 0 Å². The highest BCUT2D eigenvalue weighted by atomic mass is 35.5. The minimum Gasteiger partial charge on any atom is -0.325 e. The summed E-state index contributed by atoms with van der Waals surface area (Å²) in [7, 11) is 1.86. The van der Waals surface area contributed by atoms with E-state index in [4.69, 9.17) is 23.2 Å². The predicted octanol–water partition coefficient (Wildman–Crippen LogP) is 4.45. The van der Waals surface area contributed by atoms with Gasteiger partial charge in [-0.25, -0.2) is 0 Å². The van der Waals surface area contributed by atoms with Gasteiger partial charge in [-0.1, -0.05) is 35.3 Å². The molecule has 0 saturated carbocycles. The summed E-state index contributed by atoms with van der Waals surface area (Å²) in [6.07, 6.45) is 1.87. The normalized spacial score (nSPS) is 10.7. The van der Waals surface area contributed by atoms with E-state index in [9.17, 15) is 4.79 Å². The zero-order valence-corrected chi connectivity index (χ0v) is 15.6. The molecule has 0 aliphatic carbocycles. The minimum atomic E-state index is -0.135. The zero-order chi connectivity index (χ0) is 17.8. The minimum absolute atomic E-state index is 0.135. The molecule has 3 rings (SSSR count). The maximum atomic E-state index is 12.4. The Kier molecular flexibility index (Phi) is 5.63. The van der Waals surface area contributed by atoms with Gasteiger partial charge in [0.05, 0.1) is 12.1 Å². The molecule has 5 nitrogen and oxygen atoms in total. The summed E-state index contributed by atoms with van der Waals surface area (Å²) >= 11 is 13.4. The quantitative estimate of drug-likeness (QED) is 0.696. The maximum absolute atomic E-state index is 12.4. The number of aryl methyl sites for hydroxylation is 1. The molecule has 3 aromatic rings. The smallest absolute Gasteiger partial charge is 0.228 e. The monoisotopic (exact) mass is 392 g/mol. The molecule has 8 heteroatoms. The van der Waals surface area contributed by atoms with Crippen molar-refractivity contribution in [1.82, 2.24) is 14.8 Å². The van der Waals surface area contributed by atoms with E-state index in [1.165, 1.54) is 11.8 Å². The van der Waals surface area contributed by atoms with Crippen molar-refractivity contribution in [2.45, 2.75) is 16.5 Å². The van der Waals surface area contributed by atoms with Crippen LogP contribution in [0.15, 0.2) is 58.8 Å². The Morgan fingerprint density at radius 3 is 2.56 bits per heavy atom. The maximum Gasteiger partial charge on any atom is 0.228 e. The second kappa shape index (κ2) is 7.91. The summed E-state index contributed by atoms with van der Waals surface area (Å²) in [5.41, 5.74) is 1.52. The Morgan fingerprint density at radius 1 is 1.16 bits per heavy atom. The van der Waals surface area contributed by atoms with Gasteiger partial charge >= 0.3 is 0 Å². The third-order valence-electron chi connectivity index (χ3n) is 3.36. The van der Waals surface area contributed by atoms with Gasteiger partial charge in [-0.2, -0.15) is 0 Å². The average molecular weight is 393 g/mol. The average Bonchev–Trinajstić information content (AvgIpc) is 2.97. The summed E-state index contributed by atoms with van der Waals surface area (Å²) in [4.78, 5) is 13.2. The number of halogens is 2. The number of nitrogens with one attached hydrogen (secondary N) is 1. The van der Waals surface area contributed by atoms with Crippen LogP contribution in [0.3, 0.4) is 0 Å². The fraction of sp³-hybridized carbons (Fsp3) is 0.118. The van der Waals surface area contributed by atoms with Gasteiger partial charge in [-0.15, -0.1) is 10.2 Å². The van der Waals surface area contributed by atoms with Crippen LogP contribution >= 0.6 is 35.0 Å². The van der Waals surface area contributed by atoms with Crippen molar-refractivity contribution >= 4 is 46.6 Å². The number of benzene rings is 2. The van der Waals surface area contributed by atoms with E-state index in [2.05, 4.69) is 15.5 Å². The number of aromatic nitrogens is 3. The summed E-state index contributed by atoms with van der Waals surface area (Å²) in [5.74, 6) is -0.135. The fourth-order valence-corrected chi connectivity index (χ4v) is 3.26. The first-order valence-corrected chi connectivity index (χ1v) is 8.94. The van der Waals surface area contributed by atoms with Crippen LogP contribution in [0.4, 0.5) is 5.69 Å². The fourth-order valence-electron chi connectivity index (χ4n) is 2.13. The van der Waals surface area contributed by atoms with Crippen LogP contribution < -0.4 is 5.32 Å². The van der Waals surface area contributed by atoms with Crippen molar-refractivity contribution in [3.05, 3.63) is 64.4 Å². The van der Waals surface area contributed by atoms with E-state index in [-0.39, 0.29) is 12.3 Å². The molecule has 0 atom stereocenters. The van der Waals surface area contributed by atoms with Gasteiger partial charge in [0.15, 0.2) is 5.16 Å². The van der Waals surface area contributed by atoms with Crippen LogP contribution in [0.2, 0.25) is 10.0 Å². The SMILES string of the molecule is Cn1cnnc1Sc1ccc(Cl)cc1NC(=O)Cc1ccc(Cl)cc1. The molecule has 25 heavy (non-hydrogen) atoms. The molecule has 1 amide bonds. The van der Waals surface area contributed by atoms with E-state index in [0.29, 0.717) is 15.7 Å². The lowest BCUT2D eigenvalue weighted by atomic mass is 10.1. The second-order valence-electron chi connectivity index (χ2n) is 5.32. The molecule has 0 aliphatic heterocycles. The number of hydrogen-bond acceptors (Lipinski definition) is 4. The van der Waals surface area contributed by atoms with Crippen LogP contribution in [0.1, 0.15) is 5.56 Å². The molecule has 0 unspecified atom stereocenters. The van der Waals surface area contributed by atoms with Crippen LogP contribution in [0.5, 0.6) is 0 Å². The van der Waals surface area contributed by atoms with E-state index in [1.807, 2.05) is 25.2 Å². The largest absolute Gasteiger partial charge is 0.325 e. The summed E-state index contributed by atoms with van der Waals surface area (Å²) in [6.45, 7) is 0. The first-order chi connectivity index (χ1) is 12.0. The molecule has 1 heterocycles. The Hall–Kier alpha value is -2.02. The van der Waals surface area contributed by atoms with Crippen LogP contribution in [0, 0.1) is 0 Å². The van der Waals surface area contributed by atoms with Gasteiger partial charge < -0.3 is 9.88 Å². The lowest BCUT2D eigenvalue weighted by Crippen LogP contribution is -2.15. The number of rotatable bonds is 5. The Labute approximate surface area is 159 Å². The first-order valence-electron chi connectivity index (χ1n) is 7.37. The molecule has 0 radical (unpaired) electrons. The van der Waals surface area contributed by atoms with Crippen molar-refractivity contribution in [3.63, 3.8) is 0 Å². The van der Waals surface area contributed by atoms with Gasteiger partial charge in [0.25, 0.3) is 0 Å². The molecule has 1 N–H and O–H groups in total. The van der Waals surface area contributed by atoms with E-state index in [1.54, 1.807) is 35.2 Å². The highest BCUT2D eigenvalue weighted by molar-refractivity contribution is 7.99. The summed E-state index contributed by atoms with van der Waals surface area (Å²) in [6, 6.07) is 12.5. The van der Waals surface area contributed by atoms with Gasteiger partial charge in [-0.3, -0.25) is 4.79 Å². The van der Waals surface area contributed by atoms with Crippen LogP contribution in [-0.4, -0.2) is 20.7 Å². The Morgan fingerprint density at radius 2 is 1.88 bits per heavy atom. The van der Waals surface area contributed by atoms with Gasteiger partial charge in [0.1, 0.15) is 6.33 Å². The highest BCUT2D eigenvalue weighted by Crippen LogP contribution is 2.34. The number of hydrogen-bond donors (Lipinski definition) is 1. The summed E-state index contributed by atoms with van der Waals surface area (Å²) < 4.78 is 1.80. The lowest BCUT2D eigenvalue weighted by Gasteiger charge is -2.11. The van der Waals surface area contributed by atoms with Gasteiger partial charge in [0, 0.05) is 22.0 Å². The molecule has 0 saturated heterocycles. The van der Waals surface area contributed by atoms with Crippen molar-refractivity contribution in [1.29, 1.82) is 0 Å². The molecule has 1 aromatic heterocycles. The molecule has 0 spiro atoms. The third kappa shape index (κ3) is 4.75. The standard InChI is InChI=1S/C17H14Cl2N4OS/c1-23-10-20-22-17(23)25-15-7-6-13(19)9-14(15)21-16(24)8-11-2-4-12(18)5-3-11/h2-7,9-10H,8H2,1H3,(H,21,24). The molecule has 0 bridgehead atoms. The molecular weight excluding hydrogens is 379 g/mol. The van der Waals surface area contributed by atoms with E-state index in [0.717, 1.165) is 15.6 Å². The number of carbonyl (C=O) groups is 1. The first kappa shape index (κ1) is 17.8. The van der Waals surface area contributed by atoms with Crippen molar-refractivity contribution in [2.24, 2.45) is 7.05 Å².